The summed E-state index contributed by atoms with van der Waals surface area (Å²) in [5.74, 6) is 0.290. The molecule has 6 nitrogen and oxygen atoms in total. The van der Waals surface area contributed by atoms with Crippen LogP contribution >= 0.6 is 11.6 Å². The highest BCUT2D eigenvalue weighted by atomic mass is 35.5. The second-order valence-electron chi connectivity index (χ2n) is 5.02. The van der Waals surface area contributed by atoms with Gasteiger partial charge in [-0.25, -0.2) is 9.78 Å². The Morgan fingerprint density at radius 2 is 2.18 bits per heavy atom. The maximum Gasteiger partial charge on any atom is 0.343 e. The average Bonchev–Trinajstić information content (AvgIpc) is 2.79. The van der Waals surface area contributed by atoms with Crippen molar-refractivity contribution in [1.82, 2.24) is 14.8 Å². The van der Waals surface area contributed by atoms with E-state index >= 15 is 0 Å². The summed E-state index contributed by atoms with van der Waals surface area (Å²) in [7, 11) is 3.78. The first kappa shape index (κ1) is 16.3. The van der Waals surface area contributed by atoms with Crippen LogP contribution in [0, 0.1) is 6.92 Å². The third-order valence-electron chi connectivity index (χ3n) is 3.22. The summed E-state index contributed by atoms with van der Waals surface area (Å²) in [6.45, 7) is 4.38. The summed E-state index contributed by atoms with van der Waals surface area (Å²) in [6.07, 6.45) is 1.70. The number of rotatable bonds is 5. The maximum atomic E-state index is 12.3. The van der Waals surface area contributed by atoms with Gasteiger partial charge in [0.05, 0.1) is 5.69 Å². The number of anilines is 1. The highest BCUT2D eigenvalue weighted by Crippen LogP contribution is 2.22. The van der Waals surface area contributed by atoms with E-state index in [4.69, 9.17) is 16.3 Å². The maximum absolute atomic E-state index is 12.3. The summed E-state index contributed by atoms with van der Waals surface area (Å²) < 4.78 is 6.95. The van der Waals surface area contributed by atoms with Gasteiger partial charge in [0.25, 0.3) is 0 Å². The second-order valence-corrected chi connectivity index (χ2v) is 5.38. The highest BCUT2D eigenvalue weighted by Gasteiger charge is 2.21. The fourth-order valence-corrected chi connectivity index (χ4v) is 2.53. The van der Waals surface area contributed by atoms with E-state index in [1.807, 2.05) is 38.1 Å². The average molecular weight is 323 g/mol. The Labute approximate surface area is 134 Å². The first-order chi connectivity index (χ1) is 10.5. The molecular weight excluding hydrogens is 304 g/mol. The summed E-state index contributed by atoms with van der Waals surface area (Å²) in [5, 5.41) is 4.52. The zero-order valence-corrected chi connectivity index (χ0v) is 13.9. The third kappa shape index (κ3) is 3.22. The van der Waals surface area contributed by atoms with Gasteiger partial charge < -0.3 is 9.64 Å². The lowest BCUT2D eigenvalue weighted by atomic mass is 10.2. The van der Waals surface area contributed by atoms with Crippen molar-refractivity contribution in [2.45, 2.75) is 27.0 Å². The predicted molar refractivity (Wildman–Crippen MR) is 85.3 cm³/mol. The van der Waals surface area contributed by atoms with Crippen molar-refractivity contribution in [3.05, 3.63) is 40.3 Å². The molecule has 118 valence electrons. The van der Waals surface area contributed by atoms with E-state index in [0.29, 0.717) is 23.0 Å². The Morgan fingerprint density at radius 1 is 1.45 bits per heavy atom. The number of aromatic nitrogens is 3. The van der Waals surface area contributed by atoms with E-state index in [0.717, 1.165) is 11.4 Å². The Hall–Kier alpha value is -2.08. The monoisotopic (exact) mass is 322 g/mol. The predicted octanol–water partition coefficient (Wildman–Crippen LogP) is 2.68. The van der Waals surface area contributed by atoms with Crippen molar-refractivity contribution in [1.29, 1.82) is 0 Å². The van der Waals surface area contributed by atoms with Gasteiger partial charge in [0, 0.05) is 32.4 Å². The Morgan fingerprint density at radius 3 is 2.77 bits per heavy atom. The zero-order chi connectivity index (χ0) is 16.3. The molecule has 0 aliphatic carbocycles. The van der Waals surface area contributed by atoms with Crippen LogP contribution in [0.15, 0.2) is 18.3 Å². The minimum absolute atomic E-state index is 0.132. The molecule has 0 fully saturated rings. The minimum atomic E-state index is -0.476. The molecule has 22 heavy (non-hydrogen) atoms. The first-order valence-corrected chi connectivity index (χ1v) is 7.34. The number of aryl methyl sites for hydroxylation is 2. The van der Waals surface area contributed by atoms with Gasteiger partial charge in [0.15, 0.2) is 0 Å². The van der Waals surface area contributed by atoms with Crippen molar-refractivity contribution in [2.24, 2.45) is 0 Å². The van der Waals surface area contributed by atoms with Gasteiger partial charge in [-0.2, -0.15) is 5.10 Å². The lowest BCUT2D eigenvalue weighted by molar-refractivity contribution is 0.0472. The van der Waals surface area contributed by atoms with Crippen LogP contribution < -0.4 is 4.90 Å². The number of hydrogen-bond acceptors (Lipinski definition) is 5. The van der Waals surface area contributed by atoms with Crippen LogP contribution in [-0.2, 0) is 17.9 Å². The van der Waals surface area contributed by atoms with E-state index in [1.54, 1.807) is 17.8 Å². The van der Waals surface area contributed by atoms with Crippen molar-refractivity contribution in [3.63, 3.8) is 0 Å². The van der Waals surface area contributed by atoms with Crippen molar-refractivity contribution in [3.8, 4) is 0 Å². The van der Waals surface area contributed by atoms with Gasteiger partial charge in [-0.05, 0) is 19.9 Å². The molecular formula is C15H19ClN4O2. The lowest BCUT2D eigenvalue weighted by Crippen LogP contribution is -2.15. The van der Waals surface area contributed by atoms with Crippen molar-refractivity contribution < 1.29 is 9.53 Å². The molecule has 0 spiro atoms. The Balaban J connectivity index is 2.16. The van der Waals surface area contributed by atoms with Gasteiger partial charge in [0.1, 0.15) is 23.1 Å². The van der Waals surface area contributed by atoms with E-state index in [1.165, 1.54) is 0 Å². The molecule has 0 saturated heterocycles. The SMILES string of the molecule is CCn1nc(C)c(C(=O)OCc2cccnc2N(C)C)c1Cl. The van der Waals surface area contributed by atoms with Crippen LogP contribution in [-0.4, -0.2) is 34.8 Å². The lowest BCUT2D eigenvalue weighted by Gasteiger charge is -2.15. The molecule has 0 amide bonds. The van der Waals surface area contributed by atoms with Gasteiger partial charge in [-0.15, -0.1) is 0 Å². The number of nitrogens with zero attached hydrogens (tertiary/aromatic N) is 4. The van der Waals surface area contributed by atoms with E-state index in [2.05, 4.69) is 10.1 Å². The smallest absolute Gasteiger partial charge is 0.343 e. The molecule has 7 heteroatoms. The summed E-state index contributed by atoms with van der Waals surface area (Å²) in [6, 6.07) is 3.68. The number of hydrogen-bond donors (Lipinski definition) is 0. The minimum Gasteiger partial charge on any atom is -0.457 e. The molecule has 0 aromatic carbocycles. The van der Waals surface area contributed by atoms with Gasteiger partial charge in [-0.1, -0.05) is 17.7 Å². The van der Waals surface area contributed by atoms with Crippen LogP contribution in [0.4, 0.5) is 5.82 Å². The second kappa shape index (κ2) is 6.79. The molecule has 0 N–H and O–H groups in total. The van der Waals surface area contributed by atoms with E-state index in [-0.39, 0.29) is 6.61 Å². The molecule has 0 atom stereocenters. The quantitative estimate of drug-likeness (QED) is 0.792. The molecule has 0 aliphatic rings. The molecule has 0 unspecified atom stereocenters. The van der Waals surface area contributed by atoms with Crippen molar-refractivity contribution in [2.75, 3.05) is 19.0 Å². The summed E-state index contributed by atoms with van der Waals surface area (Å²) in [5.41, 5.74) is 1.71. The van der Waals surface area contributed by atoms with E-state index < -0.39 is 5.97 Å². The molecule has 0 bridgehead atoms. The van der Waals surface area contributed by atoms with Gasteiger partial charge in [0.2, 0.25) is 0 Å². The largest absolute Gasteiger partial charge is 0.457 e. The molecule has 2 rings (SSSR count). The van der Waals surface area contributed by atoms with Gasteiger partial charge >= 0.3 is 5.97 Å². The van der Waals surface area contributed by atoms with Crippen LogP contribution in [0.5, 0.6) is 0 Å². The summed E-state index contributed by atoms with van der Waals surface area (Å²) in [4.78, 5) is 18.4. The number of ether oxygens (including phenoxy) is 1. The fourth-order valence-electron chi connectivity index (χ4n) is 2.16. The number of pyridine rings is 1. The standard InChI is InChI=1S/C15H19ClN4O2/c1-5-20-13(16)12(10(2)18-20)15(21)22-9-11-7-6-8-17-14(11)19(3)4/h6-8H,5,9H2,1-4H3. The normalized spacial score (nSPS) is 10.6. The third-order valence-corrected chi connectivity index (χ3v) is 3.60. The number of carbonyl (C=O) groups excluding carboxylic acids is 1. The molecule has 0 radical (unpaired) electrons. The van der Waals surface area contributed by atoms with Crippen molar-refractivity contribution >= 4 is 23.4 Å². The number of halogens is 1. The fraction of sp³-hybridized carbons (Fsp3) is 0.400. The first-order valence-electron chi connectivity index (χ1n) is 6.97. The Bertz CT molecular complexity index is 682. The zero-order valence-electron chi connectivity index (χ0n) is 13.1. The van der Waals surface area contributed by atoms with E-state index in [9.17, 15) is 4.79 Å². The highest BCUT2D eigenvalue weighted by molar-refractivity contribution is 6.32. The topological polar surface area (TPSA) is 60.3 Å². The van der Waals surface area contributed by atoms with Gasteiger partial charge in [-0.3, -0.25) is 4.68 Å². The number of esters is 1. The molecule has 0 aliphatic heterocycles. The molecule has 2 heterocycles. The van der Waals surface area contributed by atoms with Crippen LogP contribution in [0.1, 0.15) is 28.5 Å². The molecule has 0 saturated carbocycles. The van der Waals surface area contributed by atoms with Crippen LogP contribution in [0.3, 0.4) is 0 Å². The van der Waals surface area contributed by atoms with Crippen LogP contribution in [0.2, 0.25) is 5.15 Å². The number of carbonyl (C=O) groups is 1. The van der Waals surface area contributed by atoms with Crippen LogP contribution in [0.25, 0.3) is 0 Å². The molecule has 2 aromatic rings. The summed E-state index contributed by atoms with van der Waals surface area (Å²) >= 11 is 6.17. The Kier molecular flexibility index (Phi) is 5.03. The molecule has 2 aromatic heterocycles.